The number of halogens is 1. The van der Waals surface area contributed by atoms with Crippen LogP contribution in [0.5, 0.6) is 5.75 Å². The highest BCUT2D eigenvalue weighted by molar-refractivity contribution is 9.09. The molecule has 0 bridgehead atoms. The lowest BCUT2D eigenvalue weighted by molar-refractivity contribution is -0.120. The maximum absolute atomic E-state index is 11.3. The van der Waals surface area contributed by atoms with Gasteiger partial charge in [0.1, 0.15) is 5.75 Å². The quantitative estimate of drug-likeness (QED) is 0.786. The summed E-state index contributed by atoms with van der Waals surface area (Å²) in [6.07, 6.45) is 1.52. The van der Waals surface area contributed by atoms with Crippen molar-refractivity contribution in [2.45, 2.75) is 26.3 Å². The SMILES string of the molecule is CCCOc1ccc(CNC(=O)CCBr)cc1. The van der Waals surface area contributed by atoms with E-state index in [1.807, 2.05) is 24.3 Å². The maximum Gasteiger partial charge on any atom is 0.221 e. The van der Waals surface area contributed by atoms with E-state index in [1.165, 1.54) is 0 Å². The molecule has 4 heteroatoms. The number of benzene rings is 1. The Bertz CT molecular complexity index is 338. The smallest absolute Gasteiger partial charge is 0.221 e. The Hall–Kier alpha value is -1.03. The van der Waals surface area contributed by atoms with Gasteiger partial charge in [-0.15, -0.1) is 0 Å². The van der Waals surface area contributed by atoms with Crippen molar-refractivity contribution in [1.29, 1.82) is 0 Å². The Balaban J connectivity index is 2.37. The molecular formula is C13H18BrNO2. The van der Waals surface area contributed by atoms with Gasteiger partial charge in [-0.2, -0.15) is 0 Å². The summed E-state index contributed by atoms with van der Waals surface area (Å²) in [6.45, 7) is 3.38. The summed E-state index contributed by atoms with van der Waals surface area (Å²) in [5, 5.41) is 3.55. The summed E-state index contributed by atoms with van der Waals surface area (Å²) in [5.41, 5.74) is 1.08. The average molecular weight is 300 g/mol. The first kappa shape index (κ1) is 14.0. The van der Waals surface area contributed by atoms with E-state index in [0.29, 0.717) is 18.3 Å². The molecule has 0 aromatic heterocycles. The molecule has 0 radical (unpaired) electrons. The molecule has 0 heterocycles. The summed E-state index contributed by atoms with van der Waals surface area (Å²) in [7, 11) is 0. The molecule has 0 aliphatic rings. The molecular weight excluding hydrogens is 282 g/mol. The standard InChI is InChI=1S/C13H18BrNO2/c1-2-9-17-12-5-3-11(4-6-12)10-15-13(16)7-8-14/h3-6H,2,7-10H2,1H3,(H,15,16). The van der Waals surface area contributed by atoms with Crippen LogP contribution in [0.15, 0.2) is 24.3 Å². The van der Waals surface area contributed by atoms with Gasteiger partial charge < -0.3 is 10.1 Å². The fourth-order valence-corrected chi connectivity index (χ4v) is 1.66. The zero-order valence-electron chi connectivity index (χ0n) is 10.0. The number of alkyl halides is 1. The zero-order chi connectivity index (χ0) is 12.5. The van der Waals surface area contributed by atoms with Crippen LogP contribution in [-0.4, -0.2) is 17.8 Å². The van der Waals surface area contributed by atoms with Crippen molar-refractivity contribution in [2.75, 3.05) is 11.9 Å². The van der Waals surface area contributed by atoms with E-state index in [0.717, 1.165) is 24.3 Å². The van der Waals surface area contributed by atoms with Crippen LogP contribution in [0.2, 0.25) is 0 Å². The molecule has 17 heavy (non-hydrogen) atoms. The molecule has 0 atom stereocenters. The van der Waals surface area contributed by atoms with Crippen LogP contribution in [-0.2, 0) is 11.3 Å². The molecule has 0 saturated heterocycles. The Kier molecular flexibility index (Phi) is 6.70. The van der Waals surface area contributed by atoms with Gasteiger partial charge in [0, 0.05) is 18.3 Å². The normalized spacial score (nSPS) is 10.0. The third kappa shape index (κ3) is 5.73. The van der Waals surface area contributed by atoms with Gasteiger partial charge in [0.25, 0.3) is 0 Å². The van der Waals surface area contributed by atoms with Gasteiger partial charge in [-0.3, -0.25) is 4.79 Å². The lowest BCUT2D eigenvalue weighted by Crippen LogP contribution is -2.22. The van der Waals surface area contributed by atoms with Gasteiger partial charge in [0.05, 0.1) is 6.61 Å². The second kappa shape index (κ2) is 8.12. The topological polar surface area (TPSA) is 38.3 Å². The Morgan fingerprint density at radius 1 is 1.35 bits per heavy atom. The van der Waals surface area contributed by atoms with Crippen LogP contribution in [0, 0.1) is 0 Å². The molecule has 1 rings (SSSR count). The van der Waals surface area contributed by atoms with Gasteiger partial charge >= 0.3 is 0 Å². The largest absolute Gasteiger partial charge is 0.494 e. The first-order valence-corrected chi connectivity index (χ1v) is 6.92. The van der Waals surface area contributed by atoms with E-state index >= 15 is 0 Å². The summed E-state index contributed by atoms with van der Waals surface area (Å²) in [6, 6.07) is 7.81. The lowest BCUT2D eigenvalue weighted by atomic mass is 10.2. The zero-order valence-corrected chi connectivity index (χ0v) is 11.6. The number of ether oxygens (including phenoxy) is 1. The van der Waals surface area contributed by atoms with Crippen molar-refractivity contribution in [2.24, 2.45) is 0 Å². The average Bonchev–Trinajstić information content (AvgIpc) is 2.35. The molecule has 94 valence electrons. The maximum atomic E-state index is 11.3. The van der Waals surface area contributed by atoms with Crippen LogP contribution < -0.4 is 10.1 Å². The molecule has 1 N–H and O–H groups in total. The molecule has 0 fully saturated rings. The van der Waals surface area contributed by atoms with Crippen molar-refractivity contribution >= 4 is 21.8 Å². The highest BCUT2D eigenvalue weighted by atomic mass is 79.9. The Labute approximate surface area is 111 Å². The molecule has 0 unspecified atom stereocenters. The van der Waals surface area contributed by atoms with Crippen LogP contribution >= 0.6 is 15.9 Å². The molecule has 1 aromatic carbocycles. The fourth-order valence-electron chi connectivity index (χ4n) is 1.30. The minimum atomic E-state index is 0.0631. The summed E-state index contributed by atoms with van der Waals surface area (Å²) in [5.74, 6) is 0.940. The molecule has 0 aliphatic heterocycles. The van der Waals surface area contributed by atoms with Crippen LogP contribution in [0.25, 0.3) is 0 Å². The third-order valence-electron chi connectivity index (χ3n) is 2.21. The number of amides is 1. The van der Waals surface area contributed by atoms with Crippen LogP contribution in [0.3, 0.4) is 0 Å². The first-order chi connectivity index (χ1) is 8.26. The minimum Gasteiger partial charge on any atom is -0.494 e. The van der Waals surface area contributed by atoms with E-state index in [1.54, 1.807) is 0 Å². The van der Waals surface area contributed by atoms with Crippen molar-refractivity contribution in [3.63, 3.8) is 0 Å². The number of carbonyl (C=O) groups excluding carboxylic acids is 1. The van der Waals surface area contributed by atoms with Crippen LogP contribution in [0.4, 0.5) is 0 Å². The van der Waals surface area contributed by atoms with Crippen molar-refractivity contribution < 1.29 is 9.53 Å². The lowest BCUT2D eigenvalue weighted by Gasteiger charge is -2.07. The van der Waals surface area contributed by atoms with E-state index in [-0.39, 0.29) is 5.91 Å². The van der Waals surface area contributed by atoms with Crippen molar-refractivity contribution in [3.05, 3.63) is 29.8 Å². The highest BCUT2D eigenvalue weighted by Gasteiger charge is 2.00. The second-order valence-corrected chi connectivity index (χ2v) is 4.50. The molecule has 1 amide bonds. The van der Waals surface area contributed by atoms with E-state index in [2.05, 4.69) is 28.2 Å². The monoisotopic (exact) mass is 299 g/mol. The number of hydrogen-bond donors (Lipinski definition) is 1. The molecule has 0 spiro atoms. The van der Waals surface area contributed by atoms with Crippen molar-refractivity contribution in [3.8, 4) is 5.75 Å². The Morgan fingerprint density at radius 2 is 2.06 bits per heavy atom. The molecule has 1 aromatic rings. The summed E-state index contributed by atoms with van der Waals surface area (Å²) in [4.78, 5) is 11.3. The van der Waals surface area contributed by atoms with Crippen molar-refractivity contribution in [1.82, 2.24) is 5.32 Å². The predicted octanol–water partition coefficient (Wildman–Crippen LogP) is 2.88. The predicted molar refractivity (Wildman–Crippen MR) is 72.5 cm³/mol. The number of hydrogen-bond acceptors (Lipinski definition) is 2. The number of nitrogens with one attached hydrogen (secondary N) is 1. The van der Waals surface area contributed by atoms with Gasteiger partial charge in [-0.25, -0.2) is 0 Å². The molecule has 0 aliphatic carbocycles. The van der Waals surface area contributed by atoms with Gasteiger partial charge in [-0.05, 0) is 24.1 Å². The fraction of sp³-hybridized carbons (Fsp3) is 0.462. The van der Waals surface area contributed by atoms with Gasteiger partial charge in [0.2, 0.25) is 5.91 Å². The van der Waals surface area contributed by atoms with E-state index in [4.69, 9.17) is 4.74 Å². The molecule has 0 saturated carbocycles. The van der Waals surface area contributed by atoms with E-state index < -0.39 is 0 Å². The third-order valence-corrected chi connectivity index (χ3v) is 2.60. The second-order valence-electron chi connectivity index (χ2n) is 3.71. The highest BCUT2D eigenvalue weighted by Crippen LogP contribution is 2.12. The van der Waals surface area contributed by atoms with E-state index in [9.17, 15) is 4.79 Å². The van der Waals surface area contributed by atoms with Gasteiger partial charge in [-0.1, -0.05) is 35.0 Å². The minimum absolute atomic E-state index is 0.0631. The van der Waals surface area contributed by atoms with Crippen LogP contribution in [0.1, 0.15) is 25.3 Å². The summed E-state index contributed by atoms with van der Waals surface area (Å²) < 4.78 is 5.48. The summed E-state index contributed by atoms with van der Waals surface area (Å²) >= 11 is 3.23. The number of rotatable bonds is 7. The first-order valence-electron chi connectivity index (χ1n) is 5.80. The van der Waals surface area contributed by atoms with Gasteiger partial charge in [0.15, 0.2) is 0 Å². The number of carbonyl (C=O) groups is 1. The Morgan fingerprint density at radius 3 is 2.65 bits per heavy atom. The molecule has 3 nitrogen and oxygen atoms in total.